The van der Waals surface area contributed by atoms with Gasteiger partial charge in [0.05, 0.1) is 6.20 Å². The molecule has 18 heavy (non-hydrogen) atoms. The minimum atomic E-state index is 0.539. The first-order valence-corrected chi connectivity index (χ1v) is 6.51. The maximum absolute atomic E-state index is 4.15. The monoisotopic (exact) mass is 242 g/mol. The summed E-state index contributed by atoms with van der Waals surface area (Å²) in [4.78, 5) is 2.47. The van der Waals surface area contributed by atoms with Crippen LogP contribution in [0.15, 0.2) is 24.4 Å². The Morgan fingerprint density at radius 2 is 2.22 bits per heavy atom. The largest absolute Gasteiger partial charge is 0.369 e. The third-order valence-corrected chi connectivity index (χ3v) is 3.57. The molecule has 3 rings (SSSR count). The lowest BCUT2D eigenvalue weighted by atomic mass is 9.97. The summed E-state index contributed by atoms with van der Waals surface area (Å²) in [5.41, 5.74) is 4.85. The highest BCUT2D eigenvalue weighted by atomic mass is 15.3. The molecule has 0 fully saturated rings. The SMILES string of the molecule is CC(C)N1CCCc2ccc(-c3cn[nH]n3)cc21. The summed E-state index contributed by atoms with van der Waals surface area (Å²) in [5, 5.41) is 10.7. The van der Waals surface area contributed by atoms with Crippen molar-refractivity contribution in [2.45, 2.75) is 32.7 Å². The van der Waals surface area contributed by atoms with Gasteiger partial charge in [-0.3, -0.25) is 0 Å². The van der Waals surface area contributed by atoms with Gasteiger partial charge in [0.1, 0.15) is 5.69 Å². The molecular formula is C14H18N4. The highest BCUT2D eigenvalue weighted by Crippen LogP contribution is 2.32. The second-order valence-corrected chi connectivity index (χ2v) is 5.09. The quantitative estimate of drug-likeness (QED) is 0.880. The fraction of sp³-hybridized carbons (Fsp3) is 0.429. The van der Waals surface area contributed by atoms with Crippen LogP contribution in [0.3, 0.4) is 0 Å². The normalized spacial score (nSPS) is 14.9. The number of anilines is 1. The zero-order valence-corrected chi connectivity index (χ0v) is 10.8. The Morgan fingerprint density at radius 1 is 1.33 bits per heavy atom. The number of aryl methyl sites for hydroxylation is 1. The number of hydrogen-bond donors (Lipinski definition) is 1. The zero-order chi connectivity index (χ0) is 12.5. The van der Waals surface area contributed by atoms with Crippen LogP contribution in [0.4, 0.5) is 5.69 Å². The molecule has 4 heteroatoms. The van der Waals surface area contributed by atoms with Crippen LogP contribution in [-0.4, -0.2) is 28.0 Å². The van der Waals surface area contributed by atoms with Gasteiger partial charge in [0.15, 0.2) is 0 Å². The van der Waals surface area contributed by atoms with E-state index in [1.807, 2.05) is 0 Å². The Labute approximate surface area is 107 Å². The summed E-state index contributed by atoms with van der Waals surface area (Å²) in [6.07, 6.45) is 4.19. The number of nitrogens with zero attached hydrogens (tertiary/aromatic N) is 3. The van der Waals surface area contributed by atoms with Gasteiger partial charge in [0.2, 0.25) is 0 Å². The van der Waals surface area contributed by atoms with E-state index < -0.39 is 0 Å². The second kappa shape index (κ2) is 4.44. The van der Waals surface area contributed by atoms with Gasteiger partial charge < -0.3 is 4.90 Å². The standard InChI is InChI=1S/C14H18N4/c1-10(2)18-7-3-4-11-5-6-12(8-14(11)18)13-9-15-17-16-13/h5-6,8-10H,3-4,7H2,1-2H3,(H,15,16,17). The summed E-state index contributed by atoms with van der Waals surface area (Å²) in [5.74, 6) is 0. The molecule has 0 saturated carbocycles. The fourth-order valence-corrected chi connectivity index (χ4v) is 2.64. The van der Waals surface area contributed by atoms with E-state index in [1.54, 1.807) is 6.20 Å². The molecule has 0 saturated heterocycles. The Bertz CT molecular complexity index is 531. The van der Waals surface area contributed by atoms with Crippen molar-refractivity contribution in [1.29, 1.82) is 0 Å². The molecular weight excluding hydrogens is 224 g/mol. The van der Waals surface area contributed by atoms with E-state index in [0.717, 1.165) is 17.8 Å². The van der Waals surface area contributed by atoms with Crippen molar-refractivity contribution in [3.8, 4) is 11.3 Å². The molecule has 1 aliphatic heterocycles. The number of nitrogens with one attached hydrogen (secondary N) is 1. The van der Waals surface area contributed by atoms with Gasteiger partial charge in [0, 0.05) is 23.8 Å². The molecule has 2 aromatic rings. The first kappa shape index (κ1) is 11.3. The van der Waals surface area contributed by atoms with E-state index in [9.17, 15) is 0 Å². The molecule has 1 N–H and O–H groups in total. The van der Waals surface area contributed by atoms with Crippen molar-refractivity contribution in [3.63, 3.8) is 0 Å². The first-order chi connectivity index (χ1) is 8.75. The van der Waals surface area contributed by atoms with Gasteiger partial charge in [-0.05, 0) is 38.3 Å². The van der Waals surface area contributed by atoms with Crippen LogP contribution in [0, 0.1) is 0 Å². The van der Waals surface area contributed by atoms with E-state index >= 15 is 0 Å². The third-order valence-electron chi connectivity index (χ3n) is 3.57. The molecule has 1 aromatic heterocycles. The van der Waals surface area contributed by atoms with Crippen molar-refractivity contribution in [2.24, 2.45) is 0 Å². The number of benzene rings is 1. The highest BCUT2D eigenvalue weighted by Gasteiger charge is 2.19. The van der Waals surface area contributed by atoms with Gasteiger partial charge in [-0.25, -0.2) is 0 Å². The van der Waals surface area contributed by atoms with E-state index in [0.29, 0.717) is 6.04 Å². The number of fused-ring (bicyclic) bond motifs is 1. The average molecular weight is 242 g/mol. The highest BCUT2D eigenvalue weighted by molar-refractivity contribution is 5.68. The molecule has 2 heterocycles. The second-order valence-electron chi connectivity index (χ2n) is 5.09. The minimum absolute atomic E-state index is 0.539. The minimum Gasteiger partial charge on any atom is -0.369 e. The summed E-state index contributed by atoms with van der Waals surface area (Å²) < 4.78 is 0. The van der Waals surface area contributed by atoms with Crippen molar-refractivity contribution in [3.05, 3.63) is 30.0 Å². The molecule has 0 bridgehead atoms. The van der Waals surface area contributed by atoms with Crippen molar-refractivity contribution < 1.29 is 0 Å². The number of aromatic nitrogens is 3. The molecule has 0 atom stereocenters. The first-order valence-electron chi connectivity index (χ1n) is 6.51. The summed E-state index contributed by atoms with van der Waals surface area (Å²) in [6, 6.07) is 7.15. The lowest BCUT2D eigenvalue weighted by Gasteiger charge is -2.35. The van der Waals surface area contributed by atoms with Gasteiger partial charge in [-0.2, -0.15) is 15.4 Å². The molecule has 0 radical (unpaired) electrons. The molecule has 0 aliphatic carbocycles. The summed E-state index contributed by atoms with van der Waals surface area (Å²) >= 11 is 0. The zero-order valence-electron chi connectivity index (χ0n) is 10.8. The van der Waals surface area contributed by atoms with Crippen molar-refractivity contribution >= 4 is 5.69 Å². The van der Waals surface area contributed by atoms with Gasteiger partial charge in [-0.15, -0.1) is 0 Å². The third kappa shape index (κ3) is 1.88. The molecule has 4 nitrogen and oxygen atoms in total. The van der Waals surface area contributed by atoms with E-state index in [2.05, 4.69) is 52.4 Å². The Balaban J connectivity index is 2.05. The van der Waals surface area contributed by atoms with Crippen LogP contribution in [-0.2, 0) is 6.42 Å². The maximum Gasteiger partial charge on any atom is 0.112 e. The maximum atomic E-state index is 4.15. The molecule has 0 amide bonds. The van der Waals surface area contributed by atoms with Crippen LogP contribution in [0.2, 0.25) is 0 Å². The molecule has 94 valence electrons. The Hall–Kier alpha value is -1.84. The van der Waals surface area contributed by atoms with Crippen LogP contribution in [0.5, 0.6) is 0 Å². The average Bonchev–Trinajstić information content (AvgIpc) is 2.91. The predicted octanol–water partition coefficient (Wildman–Crippen LogP) is 2.63. The van der Waals surface area contributed by atoms with E-state index in [4.69, 9.17) is 0 Å². The lowest BCUT2D eigenvalue weighted by molar-refractivity contribution is 0.626. The number of H-pyrrole nitrogens is 1. The number of hydrogen-bond acceptors (Lipinski definition) is 3. The van der Waals surface area contributed by atoms with Gasteiger partial charge >= 0.3 is 0 Å². The van der Waals surface area contributed by atoms with Gasteiger partial charge in [0.25, 0.3) is 0 Å². The van der Waals surface area contributed by atoms with Crippen molar-refractivity contribution in [2.75, 3.05) is 11.4 Å². The lowest BCUT2D eigenvalue weighted by Crippen LogP contribution is -2.35. The number of aromatic amines is 1. The molecule has 1 aliphatic rings. The number of rotatable bonds is 2. The van der Waals surface area contributed by atoms with Crippen LogP contribution in [0.25, 0.3) is 11.3 Å². The molecule has 1 aromatic carbocycles. The van der Waals surface area contributed by atoms with Crippen LogP contribution >= 0.6 is 0 Å². The predicted molar refractivity (Wildman–Crippen MR) is 72.6 cm³/mol. The van der Waals surface area contributed by atoms with E-state index in [1.165, 1.54) is 24.1 Å². The van der Waals surface area contributed by atoms with Crippen molar-refractivity contribution in [1.82, 2.24) is 15.4 Å². The fourth-order valence-electron chi connectivity index (χ4n) is 2.64. The molecule has 0 unspecified atom stereocenters. The van der Waals surface area contributed by atoms with Gasteiger partial charge in [-0.1, -0.05) is 12.1 Å². The smallest absolute Gasteiger partial charge is 0.112 e. The van der Waals surface area contributed by atoms with Crippen LogP contribution < -0.4 is 4.90 Å². The topological polar surface area (TPSA) is 44.8 Å². The Morgan fingerprint density at radius 3 is 2.94 bits per heavy atom. The van der Waals surface area contributed by atoms with E-state index in [-0.39, 0.29) is 0 Å². The molecule has 0 spiro atoms. The summed E-state index contributed by atoms with van der Waals surface area (Å²) in [6.45, 7) is 5.64. The summed E-state index contributed by atoms with van der Waals surface area (Å²) in [7, 11) is 0. The Kier molecular flexibility index (Phi) is 2.78. The van der Waals surface area contributed by atoms with Crippen LogP contribution in [0.1, 0.15) is 25.8 Å².